The minimum absolute atomic E-state index is 0.00148. The predicted molar refractivity (Wildman–Crippen MR) is 140 cm³/mol. The Morgan fingerprint density at radius 1 is 0.806 bits per heavy atom. The fraction of sp³-hybridized carbons (Fsp3) is 0.0833. The first-order valence-electron chi connectivity index (χ1n) is 10.6. The zero-order valence-electron chi connectivity index (χ0n) is 19.2. The molecule has 0 fully saturated rings. The van der Waals surface area contributed by atoms with Gasteiger partial charge in [0.1, 0.15) is 0 Å². The summed E-state index contributed by atoms with van der Waals surface area (Å²) < 4.78 is 55.8. The van der Waals surface area contributed by atoms with Gasteiger partial charge in [0.2, 0.25) is 0 Å². The first kappa shape index (κ1) is 25.4. The summed E-state index contributed by atoms with van der Waals surface area (Å²) in [6.45, 7) is 3.54. The molecule has 0 unspecified atom stereocenters. The molecule has 4 rings (SSSR count). The Balaban J connectivity index is 1.50. The van der Waals surface area contributed by atoms with Crippen molar-refractivity contribution in [2.24, 2.45) is 0 Å². The number of aromatic nitrogens is 1. The Hall–Kier alpha value is -3.74. The lowest BCUT2D eigenvalue weighted by Crippen LogP contribution is -2.17. The zero-order chi connectivity index (χ0) is 25.9. The molecule has 0 radical (unpaired) electrons. The second kappa shape index (κ2) is 10.1. The van der Waals surface area contributed by atoms with Crippen LogP contribution in [0, 0.1) is 13.8 Å². The normalized spacial score (nSPS) is 11.6. The van der Waals surface area contributed by atoms with E-state index in [4.69, 9.17) is 0 Å². The van der Waals surface area contributed by atoms with Gasteiger partial charge in [-0.2, -0.15) is 0 Å². The molecule has 0 aliphatic heterocycles. The largest absolute Gasteiger partial charge is 0.322 e. The molecule has 0 aliphatic rings. The molecule has 0 saturated heterocycles. The third-order valence-corrected chi connectivity index (χ3v) is 8.82. The quantitative estimate of drug-likeness (QED) is 0.298. The lowest BCUT2D eigenvalue weighted by Gasteiger charge is -2.13. The van der Waals surface area contributed by atoms with E-state index >= 15 is 0 Å². The molecule has 3 N–H and O–H groups in total. The molecule has 9 nitrogen and oxygen atoms in total. The van der Waals surface area contributed by atoms with Crippen molar-refractivity contribution in [3.63, 3.8) is 0 Å². The SMILES string of the molecule is Cc1ccc(NS(=O)(=O)c2cc(C(=O)Nc3ccc(S(=O)(=O)Nc4nccs4)cc3)ccc2C)cc1. The van der Waals surface area contributed by atoms with E-state index in [0.717, 1.165) is 16.9 Å². The van der Waals surface area contributed by atoms with E-state index in [1.165, 1.54) is 42.6 Å². The monoisotopic (exact) mass is 542 g/mol. The first-order valence-corrected chi connectivity index (χ1v) is 14.4. The molecule has 0 atom stereocenters. The topological polar surface area (TPSA) is 134 Å². The van der Waals surface area contributed by atoms with Crippen LogP contribution in [0.4, 0.5) is 16.5 Å². The second-order valence-corrected chi connectivity index (χ2v) is 12.1. The summed E-state index contributed by atoms with van der Waals surface area (Å²) in [6.07, 6.45) is 1.49. The average molecular weight is 543 g/mol. The minimum atomic E-state index is -3.94. The van der Waals surface area contributed by atoms with Gasteiger partial charge in [-0.3, -0.25) is 14.2 Å². The van der Waals surface area contributed by atoms with Crippen molar-refractivity contribution in [3.8, 4) is 0 Å². The van der Waals surface area contributed by atoms with Crippen LogP contribution in [-0.4, -0.2) is 27.7 Å². The van der Waals surface area contributed by atoms with E-state index < -0.39 is 26.0 Å². The summed E-state index contributed by atoms with van der Waals surface area (Å²) in [4.78, 5) is 16.7. The highest BCUT2D eigenvalue weighted by Gasteiger charge is 2.20. The van der Waals surface area contributed by atoms with Gasteiger partial charge in [-0.05, 0) is 67.9 Å². The molecule has 1 aromatic heterocycles. The van der Waals surface area contributed by atoms with Crippen molar-refractivity contribution >= 4 is 53.8 Å². The maximum absolute atomic E-state index is 13.0. The smallest absolute Gasteiger partial charge is 0.263 e. The van der Waals surface area contributed by atoms with Crippen LogP contribution in [0.15, 0.2) is 88.1 Å². The Bertz CT molecular complexity index is 1600. The van der Waals surface area contributed by atoms with Gasteiger partial charge in [-0.15, -0.1) is 11.3 Å². The molecule has 1 amide bonds. The van der Waals surface area contributed by atoms with E-state index in [2.05, 4.69) is 19.7 Å². The highest BCUT2D eigenvalue weighted by atomic mass is 32.2. The molecular weight excluding hydrogens is 520 g/mol. The lowest BCUT2D eigenvalue weighted by molar-refractivity contribution is 0.102. The Morgan fingerprint density at radius 2 is 1.47 bits per heavy atom. The number of anilines is 3. The molecule has 0 bridgehead atoms. The van der Waals surface area contributed by atoms with E-state index in [0.29, 0.717) is 16.9 Å². The molecule has 12 heteroatoms. The van der Waals surface area contributed by atoms with Crippen LogP contribution in [-0.2, 0) is 20.0 Å². The number of benzene rings is 3. The van der Waals surface area contributed by atoms with Crippen LogP contribution >= 0.6 is 11.3 Å². The van der Waals surface area contributed by atoms with Gasteiger partial charge >= 0.3 is 0 Å². The number of nitrogens with one attached hydrogen (secondary N) is 3. The fourth-order valence-corrected chi connectivity index (χ4v) is 6.35. The molecule has 0 aliphatic carbocycles. The van der Waals surface area contributed by atoms with E-state index in [1.54, 1.807) is 42.6 Å². The van der Waals surface area contributed by atoms with Crippen molar-refractivity contribution in [1.29, 1.82) is 0 Å². The van der Waals surface area contributed by atoms with E-state index in [1.807, 2.05) is 6.92 Å². The molecule has 0 spiro atoms. The lowest BCUT2D eigenvalue weighted by atomic mass is 10.1. The van der Waals surface area contributed by atoms with Gasteiger partial charge in [0.05, 0.1) is 9.79 Å². The summed E-state index contributed by atoms with van der Waals surface area (Å²) in [5.41, 5.74) is 2.36. The van der Waals surface area contributed by atoms with Gasteiger partial charge in [0, 0.05) is 28.5 Å². The third-order valence-electron chi connectivity index (χ3n) is 5.12. The van der Waals surface area contributed by atoms with Gasteiger partial charge in [-0.1, -0.05) is 23.8 Å². The number of rotatable bonds is 8. The Morgan fingerprint density at radius 3 is 2.11 bits per heavy atom. The van der Waals surface area contributed by atoms with E-state index in [9.17, 15) is 21.6 Å². The molecule has 1 heterocycles. The molecular formula is C24H22N4O5S3. The number of amides is 1. The minimum Gasteiger partial charge on any atom is -0.322 e. The molecule has 3 aromatic carbocycles. The number of hydrogen-bond donors (Lipinski definition) is 3. The number of nitrogens with zero attached hydrogens (tertiary/aromatic N) is 1. The standard InChI is InChI=1S/C24H22N4O5S3/c1-16-3-7-20(8-4-16)27-36(32,33)22-15-18(6-5-17(22)2)23(29)26-19-9-11-21(12-10-19)35(30,31)28-24-25-13-14-34-24/h3-15,27H,1-2H3,(H,25,28)(H,26,29). The van der Waals surface area contributed by atoms with Crippen molar-refractivity contribution in [2.45, 2.75) is 23.6 Å². The van der Waals surface area contributed by atoms with Crippen molar-refractivity contribution in [3.05, 3.63) is 95.0 Å². The third kappa shape index (κ3) is 5.90. The van der Waals surface area contributed by atoms with Crippen LogP contribution in [0.5, 0.6) is 0 Å². The number of thiazole rings is 1. The molecule has 36 heavy (non-hydrogen) atoms. The van der Waals surface area contributed by atoms with E-state index in [-0.39, 0.29) is 20.5 Å². The fourth-order valence-electron chi connectivity index (χ4n) is 3.23. The van der Waals surface area contributed by atoms with Crippen molar-refractivity contribution < 1.29 is 21.6 Å². The van der Waals surface area contributed by atoms with Crippen molar-refractivity contribution in [1.82, 2.24) is 4.98 Å². The summed E-state index contributed by atoms with van der Waals surface area (Å²) in [7, 11) is -7.76. The summed E-state index contributed by atoms with van der Waals surface area (Å²) in [5, 5.41) is 4.55. The first-order chi connectivity index (χ1) is 17.0. The second-order valence-electron chi connectivity index (χ2n) is 7.87. The van der Waals surface area contributed by atoms with Crippen LogP contribution in [0.3, 0.4) is 0 Å². The predicted octanol–water partition coefficient (Wildman–Crippen LogP) is 4.61. The maximum Gasteiger partial charge on any atom is 0.263 e. The number of carbonyl (C=O) groups is 1. The van der Waals surface area contributed by atoms with Crippen molar-refractivity contribution in [2.75, 3.05) is 14.8 Å². The molecule has 186 valence electrons. The highest BCUT2D eigenvalue weighted by Crippen LogP contribution is 2.23. The number of hydrogen-bond acceptors (Lipinski definition) is 7. The van der Waals surface area contributed by atoms with Crippen LogP contribution in [0.1, 0.15) is 21.5 Å². The molecule has 0 saturated carbocycles. The van der Waals surface area contributed by atoms with Gasteiger partial charge in [-0.25, -0.2) is 21.8 Å². The number of carbonyl (C=O) groups excluding carboxylic acids is 1. The maximum atomic E-state index is 13.0. The zero-order valence-corrected chi connectivity index (χ0v) is 21.7. The Kier molecular flexibility index (Phi) is 7.11. The Labute approximate surface area is 213 Å². The van der Waals surface area contributed by atoms with Gasteiger partial charge in [0.25, 0.3) is 26.0 Å². The summed E-state index contributed by atoms with van der Waals surface area (Å²) in [5.74, 6) is -0.543. The molecule has 4 aromatic rings. The van der Waals surface area contributed by atoms with Crippen LogP contribution in [0.2, 0.25) is 0 Å². The highest BCUT2D eigenvalue weighted by molar-refractivity contribution is 7.93. The van der Waals surface area contributed by atoms with Gasteiger partial charge < -0.3 is 5.32 Å². The van der Waals surface area contributed by atoms with Crippen LogP contribution in [0.25, 0.3) is 0 Å². The number of sulfonamides is 2. The summed E-state index contributed by atoms with van der Waals surface area (Å²) >= 11 is 1.15. The number of aryl methyl sites for hydroxylation is 2. The van der Waals surface area contributed by atoms with Crippen LogP contribution < -0.4 is 14.8 Å². The summed E-state index contributed by atoms with van der Waals surface area (Å²) in [6, 6.07) is 16.9. The average Bonchev–Trinajstić information content (AvgIpc) is 3.33. The van der Waals surface area contributed by atoms with Gasteiger partial charge in [0.15, 0.2) is 5.13 Å².